The summed E-state index contributed by atoms with van der Waals surface area (Å²) in [4.78, 5) is 80.4. The average Bonchev–Trinajstić information content (AvgIpc) is 3.75. The number of nitrogens with zero attached hydrogens (tertiary/aromatic N) is 6. The predicted octanol–water partition coefficient (Wildman–Crippen LogP) is 3.36. The number of likely N-dealkylation sites (tertiary alicyclic amines) is 1. The van der Waals surface area contributed by atoms with Gasteiger partial charge in [0.25, 0.3) is 11.5 Å². The summed E-state index contributed by atoms with van der Waals surface area (Å²) in [5.41, 5.74) is -0.798. The van der Waals surface area contributed by atoms with Crippen molar-refractivity contribution in [3.8, 4) is 0 Å². The van der Waals surface area contributed by atoms with E-state index in [4.69, 9.17) is 16.3 Å². The highest BCUT2D eigenvalue weighted by Gasteiger charge is 2.53. The summed E-state index contributed by atoms with van der Waals surface area (Å²) >= 11 is 5.97. The van der Waals surface area contributed by atoms with E-state index in [9.17, 15) is 24.0 Å². The van der Waals surface area contributed by atoms with Crippen molar-refractivity contribution in [3.05, 3.63) is 63.0 Å². The maximum Gasteiger partial charge on any atom is 0.331 e. The molecule has 0 radical (unpaired) electrons. The van der Waals surface area contributed by atoms with Gasteiger partial charge in [-0.25, -0.2) is 19.6 Å². The number of carbonyl (C=O) groups excluding carboxylic acids is 4. The van der Waals surface area contributed by atoms with Crippen LogP contribution < -0.4 is 15.8 Å². The lowest BCUT2D eigenvalue weighted by Crippen LogP contribution is -2.53. The van der Waals surface area contributed by atoms with Crippen molar-refractivity contribution in [2.24, 2.45) is 5.41 Å². The fourth-order valence-electron chi connectivity index (χ4n) is 5.98. The van der Waals surface area contributed by atoms with E-state index in [2.05, 4.69) is 15.3 Å². The lowest BCUT2D eigenvalue weighted by atomic mass is 9.97. The standard InChI is InChI=1S/C33H38ClN7O6/c1-4-5-14-47-30(45)32(2,3)41-13-12-39(31(41)46)25-17-35-27-24(37-25)15-23(28(43)36-16-21-6-8-22(34)9-7-21)29(44)40(27)18-26(42)38-19-33(20-38)10-11-33/h6-9,15,17H,4-5,10-14,16,18-20H2,1-3H3,(H,36,43). The van der Waals surface area contributed by atoms with Crippen molar-refractivity contribution >= 4 is 52.4 Å². The molecule has 3 aromatic rings. The van der Waals surface area contributed by atoms with Crippen LogP contribution in [0.15, 0.2) is 41.3 Å². The first kappa shape index (κ1) is 32.4. The number of fused-ring (bicyclic) bond motifs is 1. The van der Waals surface area contributed by atoms with E-state index in [1.165, 1.54) is 26.6 Å². The smallest absolute Gasteiger partial charge is 0.331 e. The highest BCUT2D eigenvalue weighted by Crippen LogP contribution is 2.52. The third-order valence-electron chi connectivity index (χ3n) is 9.24. The highest BCUT2D eigenvalue weighted by atomic mass is 35.5. The Hall–Kier alpha value is -4.52. The molecule has 14 heteroatoms. The second-order valence-corrected chi connectivity index (χ2v) is 13.5. The maximum absolute atomic E-state index is 13.7. The van der Waals surface area contributed by atoms with Gasteiger partial charge < -0.3 is 19.9 Å². The van der Waals surface area contributed by atoms with E-state index < -0.39 is 29.0 Å². The van der Waals surface area contributed by atoms with Crippen LogP contribution in [0.4, 0.5) is 10.6 Å². The molecule has 13 nitrogen and oxygen atoms in total. The quantitative estimate of drug-likeness (QED) is 0.243. The zero-order chi connectivity index (χ0) is 33.5. The molecule has 0 bridgehead atoms. The van der Waals surface area contributed by atoms with Crippen molar-refractivity contribution in [1.29, 1.82) is 0 Å². The van der Waals surface area contributed by atoms with Crippen molar-refractivity contribution in [1.82, 2.24) is 29.7 Å². The van der Waals surface area contributed by atoms with E-state index >= 15 is 0 Å². The Morgan fingerprint density at radius 1 is 1.09 bits per heavy atom. The molecule has 1 spiro atoms. The molecule has 1 N–H and O–H groups in total. The molecule has 248 valence electrons. The normalized spacial score (nSPS) is 16.9. The minimum Gasteiger partial charge on any atom is -0.464 e. The minimum absolute atomic E-state index is 0.117. The number of rotatable bonds is 11. The van der Waals surface area contributed by atoms with Gasteiger partial charge in [-0.05, 0) is 56.9 Å². The number of pyridine rings is 1. The van der Waals surface area contributed by atoms with Crippen LogP contribution in [0.1, 0.15) is 62.4 Å². The molecule has 4 amide bonds. The topological polar surface area (TPSA) is 147 Å². The first-order chi connectivity index (χ1) is 22.4. The second kappa shape index (κ2) is 12.6. The summed E-state index contributed by atoms with van der Waals surface area (Å²) < 4.78 is 6.59. The number of esters is 1. The summed E-state index contributed by atoms with van der Waals surface area (Å²) in [6.07, 6.45) is 5.16. The maximum atomic E-state index is 13.7. The number of unbranched alkanes of at least 4 members (excludes halogenated alkanes) is 1. The zero-order valence-electron chi connectivity index (χ0n) is 26.8. The number of nitrogens with one attached hydrogen (secondary N) is 1. The molecular weight excluding hydrogens is 626 g/mol. The van der Waals surface area contributed by atoms with Crippen molar-refractivity contribution in [2.45, 2.75) is 65.1 Å². The molecule has 2 aromatic heterocycles. The summed E-state index contributed by atoms with van der Waals surface area (Å²) in [5.74, 6) is -1.20. The van der Waals surface area contributed by atoms with Gasteiger partial charge in [0.05, 0.1) is 12.8 Å². The van der Waals surface area contributed by atoms with Gasteiger partial charge in [-0.1, -0.05) is 37.1 Å². The predicted molar refractivity (Wildman–Crippen MR) is 174 cm³/mol. The van der Waals surface area contributed by atoms with E-state index in [0.717, 1.165) is 31.2 Å². The van der Waals surface area contributed by atoms with Gasteiger partial charge in [0.1, 0.15) is 23.2 Å². The van der Waals surface area contributed by atoms with Crippen molar-refractivity contribution in [3.63, 3.8) is 0 Å². The van der Waals surface area contributed by atoms with Crippen LogP contribution in [0.2, 0.25) is 5.02 Å². The summed E-state index contributed by atoms with van der Waals surface area (Å²) in [6, 6.07) is 7.82. The number of ether oxygens (including phenoxy) is 1. The molecule has 0 unspecified atom stereocenters. The van der Waals surface area contributed by atoms with Crippen LogP contribution in [0, 0.1) is 5.41 Å². The molecule has 6 rings (SSSR count). The highest BCUT2D eigenvalue weighted by molar-refractivity contribution is 6.30. The van der Waals surface area contributed by atoms with E-state index in [1.807, 2.05) is 6.92 Å². The van der Waals surface area contributed by atoms with Crippen LogP contribution in [0.5, 0.6) is 0 Å². The zero-order valence-corrected chi connectivity index (χ0v) is 27.5. The molecule has 2 aliphatic heterocycles. The number of hydrogen-bond donors (Lipinski definition) is 1. The van der Waals surface area contributed by atoms with E-state index in [0.29, 0.717) is 18.1 Å². The van der Waals surface area contributed by atoms with E-state index in [-0.39, 0.29) is 66.7 Å². The average molecular weight is 664 g/mol. The second-order valence-electron chi connectivity index (χ2n) is 13.1. The SMILES string of the molecule is CCCCOC(=O)C(C)(C)N1CCN(c2cnc3c(cc(C(=O)NCc4ccc(Cl)cc4)c(=O)n3CC(=O)N3CC4(CC4)C3)n2)C1=O. The van der Waals surface area contributed by atoms with Gasteiger partial charge in [-0.2, -0.15) is 0 Å². The molecule has 3 aliphatic rings. The summed E-state index contributed by atoms with van der Waals surface area (Å²) in [7, 11) is 0. The number of anilines is 1. The van der Waals surface area contributed by atoms with Gasteiger partial charge >= 0.3 is 12.0 Å². The first-order valence-electron chi connectivity index (χ1n) is 15.9. The molecular formula is C33H38ClN7O6. The third-order valence-corrected chi connectivity index (χ3v) is 9.49. The molecule has 1 aromatic carbocycles. The number of carbonyl (C=O) groups is 4. The Morgan fingerprint density at radius 2 is 1.81 bits per heavy atom. The van der Waals surface area contributed by atoms with Gasteiger partial charge in [0, 0.05) is 43.2 Å². The fourth-order valence-corrected chi connectivity index (χ4v) is 6.11. The number of hydrogen-bond acceptors (Lipinski definition) is 8. The van der Waals surface area contributed by atoms with Gasteiger partial charge in [0.15, 0.2) is 11.5 Å². The molecule has 0 atom stereocenters. The number of urea groups is 1. The first-order valence-corrected chi connectivity index (χ1v) is 16.3. The Morgan fingerprint density at radius 3 is 2.49 bits per heavy atom. The Kier molecular flexibility index (Phi) is 8.68. The van der Waals surface area contributed by atoms with Crippen LogP contribution >= 0.6 is 11.6 Å². The molecule has 47 heavy (non-hydrogen) atoms. The van der Waals surface area contributed by atoms with Crippen molar-refractivity contribution in [2.75, 3.05) is 37.7 Å². The number of benzene rings is 1. The monoisotopic (exact) mass is 663 g/mol. The van der Waals surface area contributed by atoms with Crippen LogP contribution in [-0.2, 0) is 27.4 Å². The summed E-state index contributed by atoms with van der Waals surface area (Å²) in [6.45, 7) is 7.19. The number of amides is 4. The Bertz CT molecular complexity index is 1800. The van der Waals surface area contributed by atoms with Crippen LogP contribution in [-0.4, -0.2) is 86.5 Å². The lowest BCUT2D eigenvalue weighted by Gasteiger charge is -2.40. The molecule has 1 aliphatic carbocycles. The Balaban J connectivity index is 1.29. The number of aromatic nitrogens is 3. The third kappa shape index (κ3) is 6.40. The van der Waals surface area contributed by atoms with E-state index in [1.54, 1.807) is 43.0 Å². The fraction of sp³-hybridized carbons (Fsp3) is 0.485. The molecule has 3 fully saturated rings. The molecule has 4 heterocycles. The minimum atomic E-state index is -1.21. The lowest BCUT2D eigenvalue weighted by molar-refractivity contribution is -0.154. The van der Waals surface area contributed by atoms with Gasteiger partial charge in [-0.3, -0.25) is 23.9 Å². The largest absolute Gasteiger partial charge is 0.464 e. The molecule has 1 saturated carbocycles. The molecule has 2 saturated heterocycles. The van der Waals surface area contributed by atoms with Gasteiger partial charge in [0.2, 0.25) is 5.91 Å². The van der Waals surface area contributed by atoms with Crippen LogP contribution in [0.25, 0.3) is 11.2 Å². The van der Waals surface area contributed by atoms with Crippen molar-refractivity contribution < 1.29 is 23.9 Å². The van der Waals surface area contributed by atoms with Gasteiger partial charge in [-0.15, -0.1) is 0 Å². The Labute approximate surface area is 276 Å². The summed E-state index contributed by atoms with van der Waals surface area (Å²) in [5, 5.41) is 3.32. The number of halogens is 1. The van der Waals surface area contributed by atoms with Crippen LogP contribution in [0.3, 0.4) is 0 Å².